The van der Waals surface area contributed by atoms with Crippen molar-refractivity contribution in [3.8, 4) is 0 Å². The Bertz CT molecular complexity index is 555. The molecule has 0 saturated heterocycles. The van der Waals surface area contributed by atoms with Crippen molar-refractivity contribution in [2.45, 2.75) is 12.8 Å². The Balaban J connectivity index is 2.53. The van der Waals surface area contributed by atoms with E-state index >= 15 is 0 Å². The zero-order valence-corrected chi connectivity index (χ0v) is 13.0. The molecule has 5 nitrogen and oxygen atoms in total. The second kappa shape index (κ2) is 6.58. The lowest BCUT2D eigenvalue weighted by Crippen LogP contribution is -2.28. The summed E-state index contributed by atoms with van der Waals surface area (Å²) in [6.07, 6.45) is 3.45. The van der Waals surface area contributed by atoms with Gasteiger partial charge in [-0.15, -0.1) is 11.3 Å². The maximum atomic E-state index is 12.1. The third-order valence-corrected chi connectivity index (χ3v) is 4.20. The molecule has 1 aromatic rings. The maximum absolute atomic E-state index is 12.1. The minimum Gasteiger partial charge on any atom is -0.466 e. The molecule has 21 heavy (non-hydrogen) atoms. The van der Waals surface area contributed by atoms with Crippen molar-refractivity contribution in [3.63, 3.8) is 0 Å². The number of carbonyl (C=O) groups excluding carboxylic acids is 2. The van der Waals surface area contributed by atoms with Gasteiger partial charge < -0.3 is 14.4 Å². The highest BCUT2D eigenvalue weighted by Gasteiger charge is 2.35. The van der Waals surface area contributed by atoms with Crippen LogP contribution in [0.15, 0.2) is 41.1 Å². The van der Waals surface area contributed by atoms with Crippen LogP contribution in [-0.2, 0) is 19.1 Å². The Morgan fingerprint density at radius 3 is 2.14 bits per heavy atom. The molecule has 0 aliphatic carbocycles. The van der Waals surface area contributed by atoms with Gasteiger partial charge in [0.15, 0.2) is 0 Å². The largest absolute Gasteiger partial charge is 0.466 e. The summed E-state index contributed by atoms with van der Waals surface area (Å²) in [5, 5.41) is 1.91. The average Bonchev–Trinajstić information content (AvgIpc) is 3.05. The number of ether oxygens (including phenoxy) is 2. The summed E-state index contributed by atoms with van der Waals surface area (Å²) < 4.78 is 9.73. The van der Waals surface area contributed by atoms with Crippen LogP contribution in [0.2, 0.25) is 0 Å². The fourth-order valence-corrected chi connectivity index (χ4v) is 3.09. The first-order valence-electron chi connectivity index (χ1n) is 6.51. The number of methoxy groups -OCH3 is 2. The molecule has 0 amide bonds. The minimum absolute atomic E-state index is 0.435. The van der Waals surface area contributed by atoms with Gasteiger partial charge in [-0.25, -0.2) is 9.59 Å². The first kappa shape index (κ1) is 15.3. The minimum atomic E-state index is -0.451. The molecule has 1 aromatic heterocycles. The molecule has 1 aliphatic rings. The van der Waals surface area contributed by atoms with E-state index in [0.717, 1.165) is 4.88 Å². The third kappa shape index (κ3) is 3.00. The smallest absolute Gasteiger partial charge is 0.336 e. The van der Waals surface area contributed by atoms with Crippen LogP contribution < -0.4 is 0 Å². The van der Waals surface area contributed by atoms with Gasteiger partial charge in [-0.1, -0.05) is 6.07 Å². The molecule has 0 fully saturated rings. The number of nitrogens with zero attached hydrogens (tertiary/aromatic N) is 1. The topological polar surface area (TPSA) is 55.8 Å². The molecule has 0 saturated carbocycles. The fourth-order valence-electron chi connectivity index (χ4n) is 2.23. The molecular weight excluding hydrogens is 290 g/mol. The number of hydrogen-bond donors (Lipinski definition) is 0. The lowest BCUT2D eigenvalue weighted by molar-refractivity contribution is -0.137. The van der Waals surface area contributed by atoms with Crippen LogP contribution >= 0.6 is 11.3 Å². The van der Waals surface area contributed by atoms with Gasteiger partial charge in [0.05, 0.1) is 31.3 Å². The van der Waals surface area contributed by atoms with Crippen molar-refractivity contribution in [2.24, 2.45) is 0 Å². The van der Waals surface area contributed by atoms with Crippen LogP contribution in [0, 0.1) is 0 Å². The van der Waals surface area contributed by atoms with E-state index in [0.29, 0.717) is 17.7 Å². The Morgan fingerprint density at radius 1 is 1.19 bits per heavy atom. The molecule has 0 unspecified atom stereocenters. The molecule has 2 rings (SSSR count). The quantitative estimate of drug-likeness (QED) is 0.799. The lowest BCUT2D eigenvalue weighted by Gasteiger charge is -2.28. The Kier molecular flexibility index (Phi) is 4.80. The Labute approximate surface area is 127 Å². The van der Waals surface area contributed by atoms with Crippen molar-refractivity contribution in [1.29, 1.82) is 0 Å². The normalized spacial score (nSPS) is 15.3. The van der Waals surface area contributed by atoms with Gasteiger partial charge in [0.2, 0.25) is 0 Å². The van der Waals surface area contributed by atoms with Gasteiger partial charge in [-0.3, -0.25) is 0 Å². The zero-order valence-electron chi connectivity index (χ0n) is 12.2. The number of carbonyl (C=O) groups is 2. The highest BCUT2D eigenvalue weighted by atomic mass is 32.1. The Hall–Kier alpha value is -2.08. The maximum Gasteiger partial charge on any atom is 0.336 e. The van der Waals surface area contributed by atoms with E-state index in [1.54, 1.807) is 17.3 Å². The molecule has 0 spiro atoms. The highest BCUT2D eigenvalue weighted by molar-refractivity contribution is 7.10. The molecule has 6 heteroatoms. The summed E-state index contributed by atoms with van der Waals surface area (Å²) in [6, 6.07) is 3.78. The monoisotopic (exact) mass is 307 g/mol. The van der Waals surface area contributed by atoms with Crippen molar-refractivity contribution in [2.75, 3.05) is 20.8 Å². The van der Waals surface area contributed by atoms with Gasteiger partial charge in [0.25, 0.3) is 0 Å². The molecule has 0 aromatic carbocycles. The summed E-state index contributed by atoms with van der Waals surface area (Å²) >= 11 is 1.49. The van der Waals surface area contributed by atoms with Crippen molar-refractivity contribution < 1.29 is 19.1 Å². The zero-order chi connectivity index (χ0) is 15.4. The van der Waals surface area contributed by atoms with E-state index < -0.39 is 17.9 Å². The van der Waals surface area contributed by atoms with Crippen LogP contribution in [0.4, 0.5) is 0 Å². The van der Waals surface area contributed by atoms with Crippen LogP contribution in [0.25, 0.3) is 0 Å². The predicted octanol–water partition coefficient (Wildman–Crippen LogP) is 2.28. The van der Waals surface area contributed by atoms with Crippen LogP contribution in [0.1, 0.15) is 17.7 Å². The molecule has 0 atom stereocenters. The molecule has 0 N–H and O–H groups in total. The fraction of sp³-hybridized carbons (Fsp3) is 0.333. The number of rotatable bonds is 4. The third-order valence-electron chi connectivity index (χ3n) is 3.27. The molecule has 0 bridgehead atoms. The molecule has 0 radical (unpaired) electrons. The number of thiophene rings is 1. The summed E-state index contributed by atoms with van der Waals surface area (Å²) in [5.41, 5.74) is 0.870. The van der Waals surface area contributed by atoms with Gasteiger partial charge >= 0.3 is 11.9 Å². The van der Waals surface area contributed by atoms with Gasteiger partial charge in [-0.05, 0) is 18.4 Å². The summed E-state index contributed by atoms with van der Waals surface area (Å²) in [7, 11) is 2.67. The van der Waals surface area contributed by atoms with Gasteiger partial charge in [-0.2, -0.15) is 0 Å². The van der Waals surface area contributed by atoms with Gasteiger partial charge in [0, 0.05) is 23.8 Å². The molecular formula is C15H17NO4S. The first-order valence-corrected chi connectivity index (χ1v) is 7.39. The lowest BCUT2D eigenvalue weighted by atomic mass is 9.88. The van der Waals surface area contributed by atoms with Crippen molar-refractivity contribution >= 4 is 23.3 Å². The number of esters is 2. The standard InChI is InChI=1S/C15H17NO4S/c1-4-16-8-10(14(17)19-2)13(12-6-5-7-21-12)11(9-16)15(18)20-3/h5-9,13H,4H2,1-3H3. The molecule has 112 valence electrons. The Morgan fingerprint density at radius 2 is 1.76 bits per heavy atom. The van der Waals surface area contributed by atoms with Crippen LogP contribution in [-0.4, -0.2) is 37.6 Å². The van der Waals surface area contributed by atoms with Crippen molar-refractivity contribution in [3.05, 3.63) is 45.9 Å². The van der Waals surface area contributed by atoms with Crippen LogP contribution in [0.5, 0.6) is 0 Å². The summed E-state index contributed by atoms with van der Waals surface area (Å²) in [4.78, 5) is 26.9. The van der Waals surface area contributed by atoms with Crippen molar-refractivity contribution in [1.82, 2.24) is 4.90 Å². The second-order valence-corrected chi connectivity index (χ2v) is 5.41. The molecule has 1 aliphatic heterocycles. The van der Waals surface area contributed by atoms with E-state index in [2.05, 4.69) is 0 Å². The average molecular weight is 307 g/mol. The first-order chi connectivity index (χ1) is 10.1. The van der Waals surface area contributed by atoms with E-state index in [9.17, 15) is 9.59 Å². The SMILES string of the molecule is CCN1C=C(C(=O)OC)C(c2cccs2)C(C(=O)OC)=C1. The van der Waals surface area contributed by atoms with E-state index in [1.165, 1.54) is 25.6 Å². The summed E-state index contributed by atoms with van der Waals surface area (Å²) in [5.74, 6) is -1.34. The summed E-state index contributed by atoms with van der Waals surface area (Å²) in [6.45, 7) is 2.57. The van der Waals surface area contributed by atoms with E-state index in [-0.39, 0.29) is 0 Å². The van der Waals surface area contributed by atoms with E-state index in [1.807, 2.05) is 24.4 Å². The highest BCUT2D eigenvalue weighted by Crippen LogP contribution is 2.38. The molecule has 2 heterocycles. The second-order valence-electron chi connectivity index (χ2n) is 4.43. The van der Waals surface area contributed by atoms with Crippen LogP contribution in [0.3, 0.4) is 0 Å². The number of hydrogen-bond acceptors (Lipinski definition) is 6. The predicted molar refractivity (Wildman–Crippen MR) is 79.6 cm³/mol. The van der Waals surface area contributed by atoms with E-state index in [4.69, 9.17) is 9.47 Å². The van der Waals surface area contributed by atoms with Gasteiger partial charge in [0.1, 0.15) is 0 Å².